The molecule has 0 aliphatic carbocycles. The lowest BCUT2D eigenvalue weighted by molar-refractivity contribution is -0.108. The standard InChI is InChI=1S/C18H24N6O3S/c1-11-13(8-15(28-11)16(19)26)21-18-20-9-14(23(2)3)17(22-18)24(10-25)12-4-6-27-7-5-12/h8-10,12H,4-7H2,1-3H3,(H2,19,26)(H,20,21,22). The molecule has 3 heterocycles. The number of amides is 2. The third kappa shape index (κ3) is 4.23. The topological polar surface area (TPSA) is 114 Å². The van der Waals surface area contributed by atoms with Gasteiger partial charge >= 0.3 is 0 Å². The highest BCUT2D eigenvalue weighted by Crippen LogP contribution is 2.32. The largest absolute Gasteiger partial charge is 0.381 e. The average Bonchev–Trinajstić information content (AvgIpc) is 3.04. The van der Waals surface area contributed by atoms with E-state index in [0.717, 1.165) is 29.8 Å². The van der Waals surface area contributed by atoms with Crippen molar-refractivity contribution in [2.24, 2.45) is 5.73 Å². The first-order valence-electron chi connectivity index (χ1n) is 8.93. The smallest absolute Gasteiger partial charge is 0.258 e. The predicted molar refractivity (Wildman–Crippen MR) is 110 cm³/mol. The molecular weight excluding hydrogens is 380 g/mol. The van der Waals surface area contributed by atoms with Gasteiger partial charge in [0, 0.05) is 38.2 Å². The molecule has 28 heavy (non-hydrogen) atoms. The third-order valence-corrected chi connectivity index (χ3v) is 5.65. The van der Waals surface area contributed by atoms with E-state index in [1.54, 1.807) is 17.2 Å². The van der Waals surface area contributed by atoms with Crippen LogP contribution in [0.1, 0.15) is 27.4 Å². The molecule has 0 aromatic carbocycles. The van der Waals surface area contributed by atoms with Crippen molar-refractivity contribution in [3.8, 4) is 0 Å². The van der Waals surface area contributed by atoms with E-state index in [9.17, 15) is 9.59 Å². The molecule has 3 N–H and O–H groups in total. The van der Waals surface area contributed by atoms with Crippen molar-refractivity contribution in [3.05, 3.63) is 22.0 Å². The number of hydrogen-bond acceptors (Lipinski definition) is 8. The zero-order valence-electron chi connectivity index (χ0n) is 16.1. The zero-order chi connectivity index (χ0) is 20.3. The molecular formula is C18H24N6O3S. The summed E-state index contributed by atoms with van der Waals surface area (Å²) in [5.74, 6) is 0.404. The van der Waals surface area contributed by atoms with Gasteiger partial charge in [-0.1, -0.05) is 0 Å². The van der Waals surface area contributed by atoms with Gasteiger partial charge in [0.15, 0.2) is 5.82 Å². The lowest BCUT2D eigenvalue weighted by atomic mass is 10.1. The summed E-state index contributed by atoms with van der Waals surface area (Å²) in [5, 5.41) is 3.13. The lowest BCUT2D eigenvalue weighted by Crippen LogP contribution is -2.40. The van der Waals surface area contributed by atoms with Crippen molar-refractivity contribution in [1.29, 1.82) is 0 Å². The van der Waals surface area contributed by atoms with Crippen molar-refractivity contribution in [2.75, 3.05) is 42.4 Å². The van der Waals surface area contributed by atoms with Crippen LogP contribution >= 0.6 is 11.3 Å². The molecule has 9 nitrogen and oxygen atoms in total. The molecule has 0 bridgehead atoms. The Morgan fingerprint density at radius 1 is 1.39 bits per heavy atom. The fraction of sp³-hybridized carbons (Fsp3) is 0.444. The number of aromatic nitrogens is 2. The van der Waals surface area contributed by atoms with Gasteiger partial charge in [0.25, 0.3) is 5.91 Å². The van der Waals surface area contributed by atoms with Crippen LogP contribution in [-0.4, -0.2) is 55.6 Å². The number of hydrogen-bond donors (Lipinski definition) is 2. The Morgan fingerprint density at radius 3 is 2.68 bits per heavy atom. The summed E-state index contributed by atoms with van der Waals surface area (Å²) in [6.45, 7) is 3.12. The Hall–Kier alpha value is -2.72. The molecule has 1 aliphatic heterocycles. The minimum atomic E-state index is -0.475. The van der Waals surface area contributed by atoms with E-state index < -0.39 is 5.91 Å². The van der Waals surface area contributed by atoms with Gasteiger partial charge in [0.05, 0.1) is 22.4 Å². The molecule has 0 unspecified atom stereocenters. The van der Waals surface area contributed by atoms with Crippen LogP contribution < -0.4 is 20.9 Å². The number of carbonyl (C=O) groups excluding carboxylic acids is 2. The van der Waals surface area contributed by atoms with E-state index in [0.29, 0.717) is 35.5 Å². The summed E-state index contributed by atoms with van der Waals surface area (Å²) in [6.07, 6.45) is 4.00. The van der Waals surface area contributed by atoms with Gasteiger partial charge in [-0.2, -0.15) is 4.98 Å². The van der Waals surface area contributed by atoms with Crippen molar-refractivity contribution < 1.29 is 14.3 Å². The van der Waals surface area contributed by atoms with Crippen LogP contribution in [0.4, 0.5) is 23.1 Å². The Kier molecular flexibility index (Phi) is 6.10. The number of primary amides is 1. The summed E-state index contributed by atoms with van der Waals surface area (Å²) in [7, 11) is 3.76. The molecule has 10 heteroatoms. The van der Waals surface area contributed by atoms with Crippen LogP contribution in [0.3, 0.4) is 0 Å². The molecule has 2 aromatic rings. The fourth-order valence-electron chi connectivity index (χ4n) is 3.05. The number of nitrogens with two attached hydrogens (primary N) is 1. The highest BCUT2D eigenvalue weighted by Gasteiger charge is 2.26. The van der Waals surface area contributed by atoms with Crippen molar-refractivity contribution in [1.82, 2.24) is 9.97 Å². The molecule has 2 amide bonds. The van der Waals surface area contributed by atoms with Gasteiger partial charge in [-0.25, -0.2) is 4.98 Å². The monoisotopic (exact) mass is 404 g/mol. The van der Waals surface area contributed by atoms with Gasteiger partial charge < -0.3 is 20.7 Å². The maximum absolute atomic E-state index is 11.9. The Bertz CT molecular complexity index is 863. The number of ether oxygens (including phenoxy) is 1. The van der Waals surface area contributed by atoms with E-state index in [-0.39, 0.29) is 6.04 Å². The van der Waals surface area contributed by atoms with E-state index in [2.05, 4.69) is 15.3 Å². The first kappa shape index (κ1) is 20.0. The number of carbonyl (C=O) groups is 2. The number of rotatable bonds is 7. The van der Waals surface area contributed by atoms with E-state index >= 15 is 0 Å². The van der Waals surface area contributed by atoms with Crippen LogP contribution in [0.2, 0.25) is 0 Å². The number of nitrogens with zero attached hydrogens (tertiary/aromatic N) is 4. The Labute approximate surface area is 167 Å². The van der Waals surface area contributed by atoms with Gasteiger partial charge in [0.2, 0.25) is 12.4 Å². The van der Waals surface area contributed by atoms with Gasteiger partial charge in [-0.15, -0.1) is 11.3 Å². The molecule has 0 radical (unpaired) electrons. The Balaban J connectivity index is 1.94. The molecule has 1 fully saturated rings. The summed E-state index contributed by atoms with van der Waals surface area (Å²) in [5.41, 5.74) is 6.81. The SMILES string of the molecule is Cc1sc(C(N)=O)cc1Nc1ncc(N(C)C)c(N(C=O)C2CCOCC2)n1. The number of aryl methyl sites for hydroxylation is 1. The van der Waals surface area contributed by atoms with E-state index in [1.807, 2.05) is 25.9 Å². The molecule has 1 aliphatic rings. The zero-order valence-corrected chi connectivity index (χ0v) is 17.0. The summed E-state index contributed by atoms with van der Waals surface area (Å²) in [4.78, 5) is 37.2. The molecule has 0 saturated carbocycles. The summed E-state index contributed by atoms with van der Waals surface area (Å²) < 4.78 is 5.41. The first-order valence-corrected chi connectivity index (χ1v) is 9.75. The molecule has 0 atom stereocenters. The van der Waals surface area contributed by atoms with Crippen LogP contribution in [0.25, 0.3) is 0 Å². The summed E-state index contributed by atoms with van der Waals surface area (Å²) in [6, 6.07) is 1.71. The predicted octanol–water partition coefficient (Wildman–Crippen LogP) is 1.90. The highest BCUT2D eigenvalue weighted by molar-refractivity contribution is 7.14. The van der Waals surface area contributed by atoms with Crippen LogP contribution in [-0.2, 0) is 9.53 Å². The normalized spacial score (nSPS) is 14.5. The molecule has 2 aromatic heterocycles. The first-order chi connectivity index (χ1) is 13.4. The van der Waals surface area contributed by atoms with Crippen LogP contribution in [0.15, 0.2) is 12.3 Å². The van der Waals surface area contributed by atoms with E-state index in [4.69, 9.17) is 10.5 Å². The highest BCUT2D eigenvalue weighted by atomic mass is 32.1. The van der Waals surface area contributed by atoms with Crippen molar-refractivity contribution >= 4 is 46.8 Å². The fourth-order valence-corrected chi connectivity index (χ4v) is 3.88. The average molecular weight is 404 g/mol. The van der Waals surface area contributed by atoms with Crippen molar-refractivity contribution in [3.63, 3.8) is 0 Å². The molecule has 3 rings (SSSR count). The maximum Gasteiger partial charge on any atom is 0.258 e. The summed E-state index contributed by atoms with van der Waals surface area (Å²) >= 11 is 1.31. The number of thiophene rings is 1. The molecule has 150 valence electrons. The van der Waals surface area contributed by atoms with Crippen molar-refractivity contribution in [2.45, 2.75) is 25.8 Å². The molecule has 0 spiro atoms. The number of anilines is 4. The quantitative estimate of drug-likeness (QED) is 0.678. The van der Waals surface area contributed by atoms with Crippen LogP contribution in [0.5, 0.6) is 0 Å². The minimum absolute atomic E-state index is 0.0250. The van der Waals surface area contributed by atoms with Crippen LogP contribution in [0, 0.1) is 6.92 Å². The van der Waals surface area contributed by atoms with E-state index in [1.165, 1.54) is 11.3 Å². The van der Waals surface area contributed by atoms with Gasteiger partial charge in [0.1, 0.15) is 0 Å². The second-order valence-electron chi connectivity index (χ2n) is 6.72. The lowest BCUT2D eigenvalue weighted by Gasteiger charge is -2.32. The Morgan fingerprint density at radius 2 is 2.11 bits per heavy atom. The van der Waals surface area contributed by atoms with Gasteiger partial charge in [-0.05, 0) is 25.8 Å². The number of nitrogens with one attached hydrogen (secondary N) is 1. The molecule has 1 saturated heterocycles. The maximum atomic E-state index is 11.9. The minimum Gasteiger partial charge on any atom is -0.381 e. The third-order valence-electron chi connectivity index (χ3n) is 4.58. The second-order valence-corrected chi connectivity index (χ2v) is 7.98. The van der Waals surface area contributed by atoms with Gasteiger partial charge in [-0.3, -0.25) is 14.5 Å². The second kappa shape index (κ2) is 8.53.